The van der Waals surface area contributed by atoms with Gasteiger partial charge in [0.25, 0.3) is 5.69 Å². The van der Waals surface area contributed by atoms with E-state index in [0.29, 0.717) is 28.6 Å². The quantitative estimate of drug-likeness (QED) is 0.335. The molecule has 0 saturated heterocycles. The maximum Gasteiger partial charge on any atom is 0.269 e. The molecule has 0 aliphatic carbocycles. The first-order chi connectivity index (χ1) is 13.1. The standard InChI is InChI=1S/C20H15N3O3S/c1-2-26-19-6-4-3-5-15(19)11-16(12-21)20-22-18(13-27-20)14-7-9-17(10-8-14)23(24)25/h3-11,13H,2H2,1H3. The molecular weight excluding hydrogens is 362 g/mol. The Hall–Kier alpha value is -3.50. The Morgan fingerprint density at radius 1 is 1.30 bits per heavy atom. The van der Waals surface area contributed by atoms with E-state index in [9.17, 15) is 15.4 Å². The Kier molecular flexibility index (Phi) is 5.59. The van der Waals surface area contributed by atoms with Crippen molar-refractivity contribution >= 4 is 28.7 Å². The van der Waals surface area contributed by atoms with Gasteiger partial charge in [-0.15, -0.1) is 11.3 Å². The zero-order valence-corrected chi connectivity index (χ0v) is 15.3. The zero-order valence-electron chi connectivity index (χ0n) is 14.5. The summed E-state index contributed by atoms with van der Waals surface area (Å²) in [5, 5.41) is 22.7. The minimum atomic E-state index is -0.442. The number of para-hydroxylation sites is 1. The Morgan fingerprint density at radius 2 is 2.04 bits per heavy atom. The molecule has 6 nitrogen and oxygen atoms in total. The summed E-state index contributed by atoms with van der Waals surface area (Å²) in [4.78, 5) is 14.8. The fourth-order valence-corrected chi connectivity index (χ4v) is 3.26. The molecule has 0 aliphatic rings. The van der Waals surface area contributed by atoms with Crippen LogP contribution in [0.1, 0.15) is 17.5 Å². The van der Waals surface area contributed by atoms with Gasteiger partial charge in [-0.05, 0) is 31.2 Å². The zero-order chi connectivity index (χ0) is 19.2. The van der Waals surface area contributed by atoms with E-state index < -0.39 is 4.92 Å². The average Bonchev–Trinajstić information content (AvgIpc) is 3.17. The number of allylic oxidation sites excluding steroid dienone is 1. The molecule has 0 radical (unpaired) electrons. The predicted octanol–water partition coefficient (Wildman–Crippen LogP) is 5.18. The number of ether oxygens (including phenoxy) is 1. The lowest BCUT2D eigenvalue weighted by atomic mass is 10.1. The number of thiazole rings is 1. The number of aromatic nitrogens is 1. The summed E-state index contributed by atoms with van der Waals surface area (Å²) >= 11 is 1.35. The van der Waals surface area contributed by atoms with Crippen molar-refractivity contribution < 1.29 is 9.66 Å². The molecule has 0 atom stereocenters. The summed E-state index contributed by atoms with van der Waals surface area (Å²) in [6.45, 7) is 2.44. The van der Waals surface area contributed by atoms with Gasteiger partial charge >= 0.3 is 0 Å². The molecule has 1 aromatic heterocycles. The first-order valence-electron chi connectivity index (χ1n) is 8.16. The molecule has 0 spiro atoms. The molecule has 1 heterocycles. The van der Waals surface area contributed by atoms with E-state index in [4.69, 9.17) is 4.74 Å². The van der Waals surface area contributed by atoms with Crippen LogP contribution in [0.15, 0.2) is 53.9 Å². The van der Waals surface area contributed by atoms with Crippen molar-refractivity contribution in [2.24, 2.45) is 0 Å². The fraction of sp³-hybridized carbons (Fsp3) is 0.100. The number of nitrogens with zero attached hydrogens (tertiary/aromatic N) is 3. The summed E-state index contributed by atoms with van der Waals surface area (Å²) in [5.41, 5.74) is 2.70. The lowest BCUT2D eigenvalue weighted by molar-refractivity contribution is -0.384. The van der Waals surface area contributed by atoms with Gasteiger partial charge in [-0.1, -0.05) is 18.2 Å². The molecule has 2 aromatic carbocycles. The number of nitro groups is 1. The number of nitriles is 1. The molecular formula is C20H15N3O3S. The van der Waals surface area contributed by atoms with E-state index in [2.05, 4.69) is 11.1 Å². The van der Waals surface area contributed by atoms with Gasteiger partial charge in [0.15, 0.2) is 0 Å². The van der Waals surface area contributed by atoms with Crippen LogP contribution in [0.5, 0.6) is 5.75 Å². The van der Waals surface area contributed by atoms with E-state index >= 15 is 0 Å². The minimum Gasteiger partial charge on any atom is -0.493 e. The molecule has 0 saturated carbocycles. The molecule has 0 aliphatic heterocycles. The third-order valence-corrected chi connectivity index (χ3v) is 4.62. The fourth-order valence-electron chi connectivity index (χ4n) is 2.47. The van der Waals surface area contributed by atoms with Crippen LogP contribution in [0.4, 0.5) is 5.69 Å². The topological polar surface area (TPSA) is 89.0 Å². The van der Waals surface area contributed by atoms with Crippen LogP contribution in [0.2, 0.25) is 0 Å². The summed E-state index contributed by atoms with van der Waals surface area (Å²) in [6, 6.07) is 15.9. The Balaban J connectivity index is 1.92. The Labute approximate surface area is 160 Å². The van der Waals surface area contributed by atoms with Crippen LogP contribution < -0.4 is 4.74 Å². The molecule has 0 amide bonds. The van der Waals surface area contributed by atoms with Gasteiger partial charge in [-0.25, -0.2) is 4.98 Å². The number of rotatable bonds is 6. The summed E-state index contributed by atoms with van der Waals surface area (Å²) in [5.74, 6) is 0.708. The van der Waals surface area contributed by atoms with Crippen LogP contribution in [0, 0.1) is 21.4 Å². The molecule has 3 rings (SSSR count). The minimum absolute atomic E-state index is 0.0272. The number of hydrogen-bond acceptors (Lipinski definition) is 6. The van der Waals surface area contributed by atoms with Gasteiger partial charge in [-0.3, -0.25) is 10.1 Å². The van der Waals surface area contributed by atoms with Crippen molar-refractivity contribution in [1.29, 1.82) is 5.26 Å². The highest BCUT2D eigenvalue weighted by Gasteiger charge is 2.12. The Morgan fingerprint density at radius 3 is 2.70 bits per heavy atom. The molecule has 134 valence electrons. The lowest BCUT2D eigenvalue weighted by Gasteiger charge is -2.06. The highest BCUT2D eigenvalue weighted by atomic mass is 32.1. The lowest BCUT2D eigenvalue weighted by Crippen LogP contribution is -1.93. The first-order valence-corrected chi connectivity index (χ1v) is 9.04. The molecule has 27 heavy (non-hydrogen) atoms. The molecule has 0 bridgehead atoms. The predicted molar refractivity (Wildman–Crippen MR) is 105 cm³/mol. The van der Waals surface area contributed by atoms with Gasteiger partial charge in [0.2, 0.25) is 0 Å². The second-order valence-corrected chi connectivity index (χ2v) is 6.34. The third-order valence-electron chi connectivity index (χ3n) is 3.75. The molecule has 7 heteroatoms. The van der Waals surface area contributed by atoms with Gasteiger partial charge < -0.3 is 4.74 Å². The van der Waals surface area contributed by atoms with E-state index in [1.807, 2.05) is 36.6 Å². The van der Waals surface area contributed by atoms with E-state index in [-0.39, 0.29) is 5.69 Å². The highest BCUT2D eigenvalue weighted by Crippen LogP contribution is 2.30. The summed E-state index contributed by atoms with van der Waals surface area (Å²) in [7, 11) is 0. The maximum absolute atomic E-state index is 10.8. The monoisotopic (exact) mass is 377 g/mol. The SMILES string of the molecule is CCOc1ccccc1C=C(C#N)c1nc(-c2ccc([N+](=O)[O-])cc2)cs1. The number of benzene rings is 2. The van der Waals surface area contributed by atoms with Crippen LogP contribution in [0.3, 0.4) is 0 Å². The van der Waals surface area contributed by atoms with Crippen molar-refractivity contribution in [3.8, 4) is 23.1 Å². The van der Waals surface area contributed by atoms with Crippen molar-refractivity contribution in [3.05, 3.63) is 74.6 Å². The van der Waals surface area contributed by atoms with E-state index in [1.165, 1.54) is 23.5 Å². The molecule has 0 fully saturated rings. The maximum atomic E-state index is 10.8. The molecule has 0 unspecified atom stereocenters. The largest absolute Gasteiger partial charge is 0.493 e. The van der Waals surface area contributed by atoms with Crippen molar-refractivity contribution in [2.45, 2.75) is 6.92 Å². The van der Waals surface area contributed by atoms with E-state index in [0.717, 1.165) is 11.1 Å². The van der Waals surface area contributed by atoms with Crippen molar-refractivity contribution in [1.82, 2.24) is 4.98 Å². The Bertz CT molecular complexity index is 1030. The third kappa shape index (κ3) is 4.19. The second kappa shape index (κ2) is 8.25. The van der Waals surface area contributed by atoms with Gasteiger partial charge in [-0.2, -0.15) is 5.26 Å². The van der Waals surface area contributed by atoms with Crippen LogP contribution in [-0.2, 0) is 0 Å². The van der Waals surface area contributed by atoms with Crippen LogP contribution >= 0.6 is 11.3 Å². The summed E-state index contributed by atoms with van der Waals surface area (Å²) < 4.78 is 5.60. The number of non-ortho nitro benzene ring substituents is 1. The van der Waals surface area contributed by atoms with Gasteiger partial charge in [0.05, 0.1) is 22.8 Å². The smallest absolute Gasteiger partial charge is 0.269 e. The highest BCUT2D eigenvalue weighted by molar-refractivity contribution is 7.11. The first kappa shape index (κ1) is 18.3. The van der Waals surface area contributed by atoms with Gasteiger partial charge in [0.1, 0.15) is 16.8 Å². The van der Waals surface area contributed by atoms with Crippen LogP contribution in [0.25, 0.3) is 22.9 Å². The average molecular weight is 377 g/mol. The second-order valence-electron chi connectivity index (χ2n) is 5.48. The summed E-state index contributed by atoms with van der Waals surface area (Å²) in [6.07, 6.45) is 1.75. The van der Waals surface area contributed by atoms with Crippen LogP contribution in [-0.4, -0.2) is 16.5 Å². The van der Waals surface area contributed by atoms with Crippen molar-refractivity contribution in [3.63, 3.8) is 0 Å². The van der Waals surface area contributed by atoms with Crippen molar-refractivity contribution in [2.75, 3.05) is 6.61 Å². The molecule has 3 aromatic rings. The normalized spacial score (nSPS) is 11.0. The molecule has 0 N–H and O–H groups in total. The van der Waals surface area contributed by atoms with Gasteiger partial charge in [0, 0.05) is 28.6 Å². The number of nitro benzene ring substituents is 1. The number of hydrogen-bond donors (Lipinski definition) is 0. The van der Waals surface area contributed by atoms with E-state index in [1.54, 1.807) is 18.2 Å².